The van der Waals surface area contributed by atoms with E-state index in [1.165, 1.54) is 0 Å². The molecule has 2 N–H and O–H groups in total. The van der Waals surface area contributed by atoms with Crippen LogP contribution in [0.3, 0.4) is 0 Å². The Morgan fingerprint density at radius 2 is 1.87 bits per heavy atom. The van der Waals surface area contributed by atoms with E-state index in [-0.39, 0.29) is 6.61 Å². The minimum Gasteiger partial charge on any atom is -0.486 e. The Hall–Kier alpha value is -2.02. The molecule has 10 heteroatoms. The van der Waals surface area contributed by atoms with Crippen LogP contribution in [-0.4, -0.2) is 42.8 Å². The van der Waals surface area contributed by atoms with Gasteiger partial charge >= 0.3 is 6.09 Å². The quantitative estimate of drug-likeness (QED) is 0.437. The fourth-order valence-corrected chi connectivity index (χ4v) is 4.45. The molecule has 1 saturated heterocycles. The third-order valence-electron chi connectivity index (χ3n) is 4.94. The number of ether oxygens (including phenoxy) is 3. The van der Waals surface area contributed by atoms with E-state index < -0.39 is 30.2 Å². The van der Waals surface area contributed by atoms with Gasteiger partial charge in [-0.3, -0.25) is 8.98 Å². The Labute approximate surface area is 189 Å². The maximum absolute atomic E-state index is 13.3. The standard InChI is InChI=1S/C20H19IN2O6S/c21-30-29-18(13-6-7-15-16(10-13)27-9-8-26-15)17(22)19(24)23-14(11-28-20(23)25)12-4-2-1-3-5-12/h1-7,10,14,17-18H,8-9,11,22H2/t14-,17+,18-/m1/s1. The van der Waals surface area contributed by atoms with E-state index in [0.717, 1.165) is 19.7 Å². The number of cyclic esters (lactones) is 1. The molecule has 2 aliphatic heterocycles. The predicted octanol–water partition coefficient (Wildman–Crippen LogP) is 3.56. The molecule has 0 saturated carbocycles. The molecule has 2 aliphatic rings. The molecule has 30 heavy (non-hydrogen) atoms. The Balaban J connectivity index is 1.60. The highest BCUT2D eigenvalue weighted by Gasteiger charge is 2.43. The molecule has 0 spiro atoms. The zero-order valence-corrected chi connectivity index (χ0v) is 18.7. The van der Waals surface area contributed by atoms with Crippen LogP contribution in [0.4, 0.5) is 4.79 Å². The second-order valence-electron chi connectivity index (χ2n) is 6.72. The summed E-state index contributed by atoms with van der Waals surface area (Å²) in [7, 11) is 1.06. The van der Waals surface area contributed by atoms with Crippen molar-refractivity contribution in [3.8, 4) is 11.5 Å². The van der Waals surface area contributed by atoms with E-state index in [1.54, 1.807) is 18.2 Å². The maximum atomic E-state index is 13.3. The summed E-state index contributed by atoms with van der Waals surface area (Å²) in [5.74, 6) is 0.614. The summed E-state index contributed by atoms with van der Waals surface area (Å²) in [5, 5.41) is 0. The summed E-state index contributed by atoms with van der Waals surface area (Å²) < 4.78 is 22.0. The summed E-state index contributed by atoms with van der Waals surface area (Å²) >= 11 is 1.96. The molecule has 2 aromatic carbocycles. The van der Waals surface area contributed by atoms with Crippen LogP contribution in [0.1, 0.15) is 23.3 Å². The molecule has 1 fully saturated rings. The highest BCUT2D eigenvalue weighted by molar-refractivity contribution is 14.2. The number of nitrogens with two attached hydrogens (primary N) is 1. The number of halogens is 1. The van der Waals surface area contributed by atoms with E-state index in [0.29, 0.717) is 30.3 Å². The first-order valence-corrected chi connectivity index (χ1v) is 12.5. The molecule has 0 aromatic heterocycles. The molecule has 0 aliphatic carbocycles. The lowest BCUT2D eigenvalue weighted by Crippen LogP contribution is -2.48. The molecule has 0 bridgehead atoms. The van der Waals surface area contributed by atoms with Crippen molar-refractivity contribution in [2.45, 2.75) is 18.2 Å². The minimum atomic E-state index is -1.13. The summed E-state index contributed by atoms with van der Waals surface area (Å²) in [6.45, 7) is 0.996. The Kier molecular flexibility index (Phi) is 6.66. The number of benzene rings is 2. The number of hydrogen-bond donors (Lipinski definition) is 1. The van der Waals surface area contributed by atoms with Crippen LogP contribution in [0.15, 0.2) is 48.5 Å². The number of hydrogen-bond acceptors (Lipinski definition) is 8. The van der Waals surface area contributed by atoms with Crippen molar-refractivity contribution in [1.82, 2.24) is 4.90 Å². The van der Waals surface area contributed by atoms with E-state index in [4.69, 9.17) is 24.1 Å². The van der Waals surface area contributed by atoms with Gasteiger partial charge in [-0.15, -0.1) is 0 Å². The lowest BCUT2D eigenvalue weighted by Gasteiger charge is -2.28. The SMILES string of the molecule is N[C@H](C(=O)N1C(=O)OC[C@@H]1c1ccccc1)[C@H](OSI)c1ccc2c(c1)OCCO2. The average Bonchev–Trinajstić information content (AvgIpc) is 3.18. The van der Waals surface area contributed by atoms with Gasteiger partial charge in [0.05, 0.1) is 9.21 Å². The summed E-state index contributed by atoms with van der Waals surface area (Å²) in [6.07, 6.45) is -1.52. The third-order valence-corrected chi connectivity index (χ3v) is 5.84. The second-order valence-corrected chi connectivity index (χ2v) is 8.12. The van der Waals surface area contributed by atoms with Crippen LogP contribution < -0.4 is 15.2 Å². The molecule has 8 nitrogen and oxygen atoms in total. The molecule has 2 amide bonds. The summed E-state index contributed by atoms with van der Waals surface area (Å²) in [4.78, 5) is 26.7. The molecule has 2 aromatic rings. The first-order valence-electron chi connectivity index (χ1n) is 9.24. The summed E-state index contributed by atoms with van der Waals surface area (Å²) in [5.41, 5.74) is 7.77. The van der Waals surface area contributed by atoms with Gasteiger partial charge in [0, 0.05) is 21.2 Å². The van der Waals surface area contributed by atoms with Crippen molar-refractivity contribution in [2.24, 2.45) is 5.73 Å². The highest BCUT2D eigenvalue weighted by Crippen LogP contribution is 2.38. The molecular formula is C20H19IN2O6S. The van der Waals surface area contributed by atoms with Gasteiger partial charge in [0.1, 0.15) is 38.0 Å². The van der Waals surface area contributed by atoms with Crippen LogP contribution in [0.2, 0.25) is 0 Å². The molecule has 3 atom stereocenters. The van der Waals surface area contributed by atoms with Gasteiger partial charge in [-0.25, -0.2) is 9.69 Å². The third kappa shape index (κ3) is 4.22. The van der Waals surface area contributed by atoms with Crippen molar-refractivity contribution in [3.05, 3.63) is 59.7 Å². The predicted molar refractivity (Wildman–Crippen MR) is 118 cm³/mol. The van der Waals surface area contributed by atoms with Gasteiger partial charge < -0.3 is 19.9 Å². The van der Waals surface area contributed by atoms with Crippen molar-refractivity contribution in [2.75, 3.05) is 19.8 Å². The van der Waals surface area contributed by atoms with E-state index in [2.05, 4.69) is 0 Å². The van der Waals surface area contributed by atoms with Gasteiger partial charge in [0.2, 0.25) is 0 Å². The fraction of sp³-hybridized carbons (Fsp3) is 0.300. The smallest absolute Gasteiger partial charge is 0.417 e. The monoisotopic (exact) mass is 542 g/mol. The first-order chi connectivity index (χ1) is 14.6. The molecule has 158 valence electrons. The molecular weight excluding hydrogens is 523 g/mol. The Morgan fingerprint density at radius 1 is 1.13 bits per heavy atom. The fourth-order valence-electron chi connectivity index (χ4n) is 3.47. The van der Waals surface area contributed by atoms with Gasteiger partial charge in [-0.2, -0.15) is 0 Å². The zero-order valence-electron chi connectivity index (χ0n) is 15.7. The van der Waals surface area contributed by atoms with E-state index in [9.17, 15) is 9.59 Å². The number of amides is 2. The highest BCUT2D eigenvalue weighted by atomic mass is 127. The van der Waals surface area contributed by atoms with E-state index >= 15 is 0 Å². The van der Waals surface area contributed by atoms with Crippen LogP contribution in [-0.2, 0) is 13.7 Å². The number of fused-ring (bicyclic) bond motifs is 1. The van der Waals surface area contributed by atoms with Crippen molar-refractivity contribution >= 4 is 42.4 Å². The number of carbonyl (C=O) groups excluding carboxylic acids is 2. The van der Waals surface area contributed by atoms with Crippen molar-refractivity contribution in [1.29, 1.82) is 0 Å². The number of rotatable bonds is 6. The number of nitrogens with zero attached hydrogens (tertiary/aromatic N) is 1. The first kappa shape index (κ1) is 21.2. The topological polar surface area (TPSA) is 100 Å². The van der Waals surface area contributed by atoms with Gasteiger partial charge in [0.25, 0.3) is 5.91 Å². The molecule has 4 rings (SSSR count). The van der Waals surface area contributed by atoms with Crippen LogP contribution in [0, 0.1) is 0 Å². The summed E-state index contributed by atoms with van der Waals surface area (Å²) in [6, 6.07) is 12.8. The van der Waals surface area contributed by atoms with Crippen molar-refractivity contribution < 1.29 is 28.0 Å². The van der Waals surface area contributed by atoms with Gasteiger partial charge in [-0.05, 0) is 23.3 Å². The van der Waals surface area contributed by atoms with Crippen LogP contribution >= 0.6 is 30.4 Å². The second kappa shape index (κ2) is 9.41. The average molecular weight is 542 g/mol. The van der Waals surface area contributed by atoms with Gasteiger partial charge in [0.15, 0.2) is 11.5 Å². The number of carbonyl (C=O) groups is 2. The van der Waals surface area contributed by atoms with Gasteiger partial charge in [-0.1, -0.05) is 36.4 Å². The lowest BCUT2D eigenvalue weighted by atomic mass is 9.99. The maximum Gasteiger partial charge on any atom is 0.417 e. The Morgan fingerprint density at radius 3 is 2.60 bits per heavy atom. The number of imide groups is 1. The Bertz CT molecular complexity index is 931. The minimum absolute atomic E-state index is 0.0812. The van der Waals surface area contributed by atoms with Crippen LogP contribution in [0.5, 0.6) is 11.5 Å². The molecule has 2 heterocycles. The van der Waals surface area contributed by atoms with E-state index in [1.807, 2.05) is 51.5 Å². The molecule has 0 unspecified atom stereocenters. The largest absolute Gasteiger partial charge is 0.486 e. The van der Waals surface area contributed by atoms with Crippen LogP contribution in [0.25, 0.3) is 0 Å². The van der Waals surface area contributed by atoms with Crippen molar-refractivity contribution in [3.63, 3.8) is 0 Å². The lowest BCUT2D eigenvalue weighted by molar-refractivity contribution is -0.132. The normalized spacial score (nSPS) is 19.9. The zero-order chi connectivity index (χ0) is 21.1. The molecule has 0 radical (unpaired) electrons.